The molecule has 1 heterocycles. The Labute approximate surface area is 117 Å². The summed E-state index contributed by atoms with van der Waals surface area (Å²) >= 11 is 0. The number of hydrogen-bond acceptors (Lipinski definition) is 4. The zero-order valence-electron chi connectivity index (χ0n) is 11.3. The van der Waals surface area contributed by atoms with E-state index in [1.54, 1.807) is 11.2 Å². The van der Waals surface area contributed by atoms with Crippen molar-refractivity contribution < 1.29 is 13.2 Å². The van der Waals surface area contributed by atoms with Crippen molar-refractivity contribution in [1.82, 2.24) is 4.31 Å². The third kappa shape index (κ3) is 4.35. The minimum atomic E-state index is -3.21. The minimum absolute atomic E-state index is 0. The second-order valence-electron chi connectivity index (χ2n) is 4.91. The number of halogens is 1. The predicted molar refractivity (Wildman–Crippen MR) is 75.5 cm³/mol. The lowest BCUT2D eigenvalue weighted by atomic mass is 9.92. The maximum Gasteiger partial charge on any atom is 0.218 e. The first-order valence-electron chi connectivity index (χ1n) is 6.13. The molecule has 0 saturated carbocycles. The number of nitrogens with zero attached hydrogens (tertiary/aromatic N) is 1. The lowest BCUT2D eigenvalue weighted by Gasteiger charge is -2.34. The van der Waals surface area contributed by atoms with Gasteiger partial charge in [-0.15, -0.1) is 12.4 Å². The highest BCUT2D eigenvalue weighted by Crippen LogP contribution is 2.23. The molecule has 2 atom stereocenters. The van der Waals surface area contributed by atoms with Crippen LogP contribution >= 0.6 is 12.4 Å². The first kappa shape index (κ1) is 18.1. The van der Waals surface area contributed by atoms with Crippen LogP contribution in [-0.2, 0) is 14.8 Å². The van der Waals surface area contributed by atoms with Gasteiger partial charge in [0.15, 0.2) is 0 Å². The molecule has 7 heteroatoms. The van der Waals surface area contributed by atoms with Crippen LogP contribution in [0.5, 0.6) is 0 Å². The van der Waals surface area contributed by atoms with Gasteiger partial charge in [-0.2, -0.15) is 0 Å². The van der Waals surface area contributed by atoms with Gasteiger partial charge in [-0.05, 0) is 32.6 Å². The van der Waals surface area contributed by atoms with Gasteiger partial charge in [0, 0.05) is 26.2 Å². The van der Waals surface area contributed by atoms with Gasteiger partial charge in [0.25, 0.3) is 0 Å². The Balaban J connectivity index is 0.00000289. The molecule has 5 nitrogen and oxygen atoms in total. The second kappa shape index (κ2) is 7.65. The molecule has 2 N–H and O–H groups in total. The molecule has 1 aliphatic heterocycles. The fourth-order valence-electron chi connectivity index (χ4n) is 2.23. The van der Waals surface area contributed by atoms with Crippen molar-refractivity contribution in [3.05, 3.63) is 0 Å². The maximum absolute atomic E-state index is 12.2. The summed E-state index contributed by atoms with van der Waals surface area (Å²) in [5, 5.41) is -0.473. The van der Waals surface area contributed by atoms with Crippen molar-refractivity contribution in [2.45, 2.75) is 38.0 Å². The number of nitrogens with two attached hydrogens (primary N) is 1. The number of ether oxygens (including phenoxy) is 1. The Bertz CT molecular complexity index is 327. The molecule has 0 aromatic rings. The average molecular weight is 301 g/mol. The van der Waals surface area contributed by atoms with Gasteiger partial charge in [0.1, 0.15) is 0 Å². The highest BCUT2D eigenvalue weighted by Gasteiger charge is 2.32. The van der Waals surface area contributed by atoms with E-state index < -0.39 is 15.3 Å². The Kier molecular flexibility index (Phi) is 7.70. The highest BCUT2D eigenvalue weighted by atomic mass is 35.5. The van der Waals surface area contributed by atoms with Crippen molar-refractivity contribution in [2.75, 3.05) is 26.8 Å². The summed E-state index contributed by atoms with van der Waals surface area (Å²) in [6, 6.07) is 0.149. The molecule has 1 rings (SSSR count). The Morgan fingerprint density at radius 1 is 1.33 bits per heavy atom. The average Bonchev–Trinajstić information content (AvgIpc) is 2.29. The highest BCUT2D eigenvalue weighted by molar-refractivity contribution is 7.89. The number of piperidine rings is 1. The van der Waals surface area contributed by atoms with Gasteiger partial charge in [-0.1, -0.05) is 0 Å². The van der Waals surface area contributed by atoms with Gasteiger partial charge < -0.3 is 10.5 Å². The molecule has 0 spiro atoms. The van der Waals surface area contributed by atoms with Crippen LogP contribution in [0.1, 0.15) is 26.7 Å². The molecule has 18 heavy (non-hydrogen) atoms. The van der Waals surface area contributed by atoms with Crippen molar-refractivity contribution in [3.8, 4) is 0 Å². The van der Waals surface area contributed by atoms with Gasteiger partial charge in [0.2, 0.25) is 10.0 Å². The molecule has 2 unspecified atom stereocenters. The monoisotopic (exact) mass is 300 g/mol. The van der Waals surface area contributed by atoms with Crippen LogP contribution in [0, 0.1) is 5.92 Å². The van der Waals surface area contributed by atoms with E-state index in [1.807, 2.05) is 6.92 Å². The molecular weight excluding hydrogens is 276 g/mol. The Morgan fingerprint density at radius 2 is 1.83 bits per heavy atom. The number of hydrogen-bond donors (Lipinski definition) is 1. The summed E-state index contributed by atoms with van der Waals surface area (Å²) in [7, 11) is -1.68. The van der Waals surface area contributed by atoms with Crippen LogP contribution in [0.25, 0.3) is 0 Å². The molecule has 0 aliphatic carbocycles. The quantitative estimate of drug-likeness (QED) is 0.816. The third-order valence-electron chi connectivity index (χ3n) is 3.51. The normalized spacial score (nSPS) is 22.2. The molecular formula is C11H25ClN2O3S. The zero-order valence-corrected chi connectivity index (χ0v) is 13.0. The van der Waals surface area contributed by atoms with E-state index in [1.165, 1.54) is 7.11 Å². The molecule has 1 fully saturated rings. The summed E-state index contributed by atoms with van der Waals surface area (Å²) in [5.41, 5.74) is 5.84. The summed E-state index contributed by atoms with van der Waals surface area (Å²) < 4.78 is 30.8. The van der Waals surface area contributed by atoms with Crippen LogP contribution < -0.4 is 5.73 Å². The molecule has 0 amide bonds. The summed E-state index contributed by atoms with van der Waals surface area (Å²) in [6.07, 6.45) is 1.72. The Hall–Kier alpha value is 0.120. The van der Waals surface area contributed by atoms with E-state index in [4.69, 9.17) is 10.5 Å². The van der Waals surface area contributed by atoms with E-state index >= 15 is 0 Å². The van der Waals surface area contributed by atoms with E-state index in [2.05, 4.69) is 0 Å². The Morgan fingerprint density at radius 3 is 2.22 bits per heavy atom. The summed E-state index contributed by atoms with van der Waals surface area (Å²) in [6.45, 7) is 5.10. The molecule has 0 aromatic carbocycles. The lowest BCUT2D eigenvalue weighted by molar-refractivity contribution is 0.194. The fourth-order valence-corrected chi connectivity index (χ4v) is 3.77. The van der Waals surface area contributed by atoms with Crippen LogP contribution in [-0.4, -0.2) is 50.8 Å². The van der Waals surface area contributed by atoms with Crippen LogP contribution in [0.2, 0.25) is 0 Å². The first-order chi connectivity index (χ1) is 7.89. The zero-order chi connectivity index (χ0) is 13.1. The topological polar surface area (TPSA) is 72.6 Å². The van der Waals surface area contributed by atoms with Crippen LogP contribution in [0.3, 0.4) is 0 Å². The SMILES string of the molecule is COCC(C)S(=O)(=O)N1CCC(C(C)N)CC1.Cl. The molecule has 0 bridgehead atoms. The minimum Gasteiger partial charge on any atom is -0.383 e. The predicted octanol–water partition coefficient (Wildman–Crippen LogP) is 0.832. The third-order valence-corrected chi connectivity index (χ3v) is 5.75. The molecule has 1 aliphatic rings. The van der Waals surface area contributed by atoms with E-state index in [9.17, 15) is 8.42 Å². The molecule has 110 valence electrons. The van der Waals surface area contributed by atoms with E-state index in [0.29, 0.717) is 19.0 Å². The number of sulfonamides is 1. The van der Waals surface area contributed by atoms with Crippen LogP contribution in [0.15, 0.2) is 0 Å². The van der Waals surface area contributed by atoms with Gasteiger partial charge >= 0.3 is 0 Å². The van der Waals surface area contributed by atoms with Crippen molar-refractivity contribution >= 4 is 22.4 Å². The van der Waals surface area contributed by atoms with Gasteiger partial charge in [-0.25, -0.2) is 12.7 Å². The van der Waals surface area contributed by atoms with Crippen molar-refractivity contribution in [2.24, 2.45) is 11.7 Å². The maximum atomic E-state index is 12.2. The van der Waals surface area contributed by atoms with Crippen LogP contribution in [0.4, 0.5) is 0 Å². The van der Waals surface area contributed by atoms with Crippen molar-refractivity contribution in [1.29, 1.82) is 0 Å². The summed E-state index contributed by atoms with van der Waals surface area (Å²) in [5.74, 6) is 0.444. The van der Waals surface area contributed by atoms with Gasteiger partial charge in [0.05, 0.1) is 11.9 Å². The lowest BCUT2D eigenvalue weighted by Crippen LogP contribution is -2.46. The molecule has 0 aromatic heterocycles. The van der Waals surface area contributed by atoms with Gasteiger partial charge in [-0.3, -0.25) is 0 Å². The van der Waals surface area contributed by atoms with E-state index in [0.717, 1.165) is 12.8 Å². The molecule has 0 radical (unpaired) electrons. The van der Waals surface area contributed by atoms with Crippen molar-refractivity contribution in [3.63, 3.8) is 0 Å². The smallest absolute Gasteiger partial charge is 0.218 e. The van der Waals surface area contributed by atoms with E-state index in [-0.39, 0.29) is 25.1 Å². The summed E-state index contributed by atoms with van der Waals surface area (Å²) in [4.78, 5) is 0. The largest absolute Gasteiger partial charge is 0.383 e. The number of methoxy groups -OCH3 is 1. The number of rotatable bonds is 5. The standard InChI is InChI=1S/C11H24N2O3S.ClH/c1-9(8-16-3)17(14,15)13-6-4-11(5-7-13)10(2)12;/h9-11H,4-8,12H2,1-3H3;1H. The first-order valence-corrected chi connectivity index (χ1v) is 7.63. The molecule has 1 saturated heterocycles. The second-order valence-corrected chi connectivity index (χ2v) is 7.26. The fraction of sp³-hybridized carbons (Fsp3) is 1.00.